The molecule has 0 aliphatic heterocycles. The number of hydrogen-bond donors (Lipinski definition) is 1. The van der Waals surface area contributed by atoms with Gasteiger partial charge in [0.25, 0.3) is 0 Å². The summed E-state index contributed by atoms with van der Waals surface area (Å²) < 4.78 is 5.68. The quantitative estimate of drug-likeness (QED) is 0.898. The fourth-order valence-corrected chi connectivity index (χ4v) is 1.78. The van der Waals surface area contributed by atoms with Crippen LogP contribution in [0.1, 0.15) is 43.9 Å². The van der Waals surface area contributed by atoms with Gasteiger partial charge in [-0.1, -0.05) is 26.0 Å². The molecule has 3 nitrogen and oxygen atoms in total. The highest BCUT2D eigenvalue weighted by Gasteiger charge is 2.05. The van der Waals surface area contributed by atoms with Crippen molar-refractivity contribution in [3.05, 3.63) is 53.7 Å². The Morgan fingerprint density at radius 3 is 2.26 bits per heavy atom. The molecule has 0 bridgehead atoms. The van der Waals surface area contributed by atoms with E-state index in [9.17, 15) is 5.11 Å². The summed E-state index contributed by atoms with van der Waals surface area (Å²) in [4.78, 5) is 4.14. The molecule has 0 aliphatic rings. The van der Waals surface area contributed by atoms with Crippen molar-refractivity contribution in [3.63, 3.8) is 0 Å². The van der Waals surface area contributed by atoms with Crippen LogP contribution in [0.15, 0.2) is 42.6 Å². The van der Waals surface area contributed by atoms with Gasteiger partial charge in [0.2, 0.25) is 5.88 Å². The maximum absolute atomic E-state index is 9.53. The van der Waals surface area contributed by atoms with E-state index >= 15 is 0 Å². The molecule has 2 rings (SSSR count). The molecule has 0 fully saturated rings. The molecule has 0 amide bonds. The van der Waals surface area contributed by atoms with Gasteiger partial charge in [-0.15, -0.1) is 0 Å². The van der Waals surface area contributed by atoms with E-state index in [2.05, 4.69) is 31.0 Å². The van der Waals surface area contributed by atoms with Gasteiger partial charge in [0, 0.05) is 12.3 Å². The first-order valence-corrected chi connectivity index (χ1v) is 6.48. The number of pyridine rings is 1. The molecule has 0 aliphatic carbocycles. The Hall–Kier alpha value is -1.87. The zero-order chi connectivity index (χ0) is 13.8. The van der Waals surface area contributed by atoms with Gasteiger partial charge >= 0.3 is 0 Å². The topological polar surface area (TPSA) is 42.4 Å². The van der Waals surface area contributed by atoms with E-state index < -0.39 is 6.10 Å². The van der Waals surface area contributed by atoms with Crippen LogP contribution in [0.5, 0.6) is 11.6 Å². The van der Waals surface area contributed by atoms with Crippen LogP contribution in [0.25, 0.3) is 0 Å². The molecule has 1 unspecified atom stereocenters. The van der Waals surface area contributed by atoms with Crippen molar-refractivity contribution in [1.29, 1.82) is 0 Å². The van der Waals surface area contributed by atoms with E-state index in [0.29, 0.717) is 11.8 Å². The summed E-state index contributed by atoms with van der Waals surface area (Å²) in [7, 11) is 0. The fourth-order valence-electron chi connectivity index (χ4n) is 1.78. The van der Waals surface area contributed by atoms with Gasteiger partial charge in [-0.2, -0.15) is 0 Å². The van der Waals surface area contributed by atoms with E-state index in [1.807, 2.05) is 12.1 Å². The monoisotopic (exact) mass is 257 g/mol. The molecule has 1 aromatic carbocycles. The molecule has 0 saturated carbocycles. The Morgan fingerprint density at radius 1 is 1.00 bits per heavy atom. The van der Waals surface area contributed by atoms with Crippen LogP contribution >= 0.6 is 0 Å². The largest absolute Gasteiger partial charge is 0.439 e. The number of aromatic nitrogens is 1. The van der Waals surface area contributed by atoms with Crippen LogP contribution < -0.4 is 4.74 Å². The lowest BCUT2D eigenvalue weighted by Crippen LogP contribution is -1.94. The highest BCUT2D eigenvalue weighted by molar-refractivity contribution is 5.32. The molecule has 1 N–H and O–H groups in total. The lowest BCUT2D eigenvalue weighted by molar-refractivity contribution is 0.198. The Morgan fingerprint density at radius 2 is 1.68 bits per heavy atom. The lowest BCUT2D eigenvalue weighted by atomic mass is 10.0. The fraction of sp³-hybridized carbons (Fsp3) is 0.312. The van der Waals surface area contributed by atoms with Gasteiger partial charge < -0.3 is 9.84 Å². The van der Waals surface area contributed by atoms with Crippen molar-refractivity contribution in [2.24, 2.45) is 0 Å². The maximum Gasteiger partial charge on any atom is 0.219 e. The normalized spacial score (nSPS) is 12.5. The van der Waals surface area contributed by atoms with Crippen molar-refractivity contribution in [3.8, 4) is 11.6 Å². The predicted molar refractivity (Wildman–Crippen MR) is 75.5 cm³/mol. The highest BCUT2D eigenvalue weighted by Crippen LogP contribution is 2.24. The minimum absolute atomic E-state index is 0.496. The molecule has 0 spiro atoms. The molecule has 1 atom stereocenters. The van der Waals surface area contributed by atoms with E-state index in [1.165, 1.54) is 5.56 Å². The summed E-state index contributed by atoms with van der Waals surface area (Å²) in [5.41, 5.74) is 2.07. The number of aliphatic hydroxyl groups is 1. The van der Waals surface area contributed by atoms with E-state index in [-0.39, 0.29) is 0 Å². The number of hydrogen-bond acceptors (Lipinski definition) is 3. The number of nitrogens with zero attached hydrogens (tertiary/aromatic N) is 1. The highest BCUT2D eigenvalue weighted by atomic mass is 16.5. The number of aliphatic hydroxyl groups excluding tert-OH is 1. The summed E-state index contributed by atoms with van der Waals surface area (Å²) in [5.74, 6) is 1.75. The third-order valence-electron chi connectivity index (χ3n) is 3.01. The van der Waals surface area contributed by atoms with Crippen molar-refractivity contribution in [2.75, 3.05) is 0 Å². The van der Waals surface area contributed by atoms with Crippen molar-refractivity contribution < 1.29 is 9.84 Å². The Labute approximate surface area is 113 Å². The summed E-state index contributed by atoms with van der Waals surface area (Å²) >= 11 is 0. The maximum atomic E-state index is 9.53. The first-order chi connectivity index (χ1) is 9.06. The molecular weight excluding hydrogens is 238 g/mol. The molecule has 2 aromatic rings. The second-order valence-corrected chi connectivity index (χ2v) is 4.93. The van der Waals surface area contributed by atoms with Crippen LogP contribution in [-0.2, 0) is 0 Å². The summed E-state index contributed by atoms with van der Waals surface area (Å²) in [6, 6.07) is 11.5. The van der Waals surface area contributed by atoms with Gasteiger partial charge in [0.15, 0.2) is 0 Å². The smallest absolute Gasteiger partial charge is 0.219 e. The van der Waals surface area contributed by atoms with Crippen molar-refractivity contribution in [1.82, 2.24) is 4.98 Å². The first kappa shape index (κ1) is 13.6. The van der Waals surface area contributed by atoms with Gasteiger partial charge in [-0.3, -0.25) is 0 Å². The number of rotatable bonds is 4. The van der Waals surface area contributed by atoms with Crippen LogP contribution in [0.3, 0.4) is 0 Å². The second-order valence-electron chi connectivity index (χ2n) is 4.93. The molecule has 19 heavy (non-hydrogen) atoms. The van der Waals surface area contributed by atoms with Crippen molar-refractivity contribution >= 4 is 0 Å². The average Bonchev–Trinajstić information content (AvgIpc) is 2.39. The van der Waals surface area contributed by atoms with Gasteiger partial charge in [-0.05, 0) is 42.2 Å². The summed E-state index contributed by atoms with van der Waals surface area (Å²) in [6.07, 6.45) is 1.12. The summed E-state index contributed by atoms with van der Waals surface area (Å²) in [5, 5.41) is 9.53. The number of ether oxygens (including phenoxy) is 1. The van der Waals surface area contributed by atoms with Crippen LogP contribution in [0.2, 0.25) is 0 Å². The molecule has 0 radical (unpaired) electrons. The zero-order valence-corrected chi connectivity index (χ0v) is 11.5. The van der Waals surface area contributed by atoms with Crippen molar-refractivity contribution in [2.45, 2.75) is 32.8 Å². The molecule has 3 heteroatoms. The Kier molecular flexibility index (Phi) is 4.17. The van der Waals surface area contributed by atoms with Crippen LogP contribution in [-0.4, -0.2) is 10.1 Å². The average molecular weight is 257 g/mol. The predicted octanol–water partition coefficient (Wildman–Crippen LogP) is 4.05. The van der Waals surface area contributed by atoms with Crippen LogP contribution in [0.4, 0.5) is 0 Å². The van der Waals surface area contributed by atoms with Crippen LogP contribution in [0, 0.1) is 0 Å². The molecule has 1 heterocycles. The third kappa shape index (κ3) is 3.55. The minimum atomic E-state index is -0.520. The summed E-state index contributed by atoms with van der Waals surface area (Å²) in [6.45, 7) is 6.03. The molecule has 0 saturated heterocycles. The molecule has 1 aromatic heterocycles. The Bertz CT molecular complexity index is 533. The standard InChI is InChI=1S/C16H19NO2/c1-11(2)13-4-6-15(7-5-13)19-16-10-14(12(3)18)8-9-17-16/h4-12,18H,1-3H3. The van der Waals surface area contributed by atoms with E-state index in [1.54, 1.807) is 25.3 Å². The minimum Gasteiger partial charge on any atom is -0.439 e. The Balaban J connectivity index is 2.14. The van der Waals surface area contributed by atoms with E-state index in [4.69, 9.17) is 4.74 Å². The second kappa shape index (κ2) is 5.85. The zero-order valence-electron chi connectivity index (χ0n) is 11.5. The molecular formula is C16H19NO2. The lowest BCUT2D eigenvalue weighted by Gasteiger charge is -2.09. The van der Waals surface area contributed by atoms with Gasteiger partial charge in [-0.25, -0.2) is 4.98 Å². The SMILES string of the molecule is CC(C)c1ccc(Oc2cc(C(C)O)ccn2)cc1. The molecule has 100 valence electrons. The van der Waals surface area contributed by atoms with Gasteiger partial charge in [0.05, 0.1) is 6.10 Å². The van der Waals surface area contributed by atoms with E-state index in [0.717, 1.165) is 11.3 Å². The van der Waals surface area contributed by atoms with Gasteiger partial charge in [0.1, 0.15) is 5.75 Å². The number of benzene rings is 1. The third-order valence-corrected chi connectivity index (χ3v) is 3.01. The first-order valence-electron chi connectivity index (χ1n) is 6.48.